The lowest BCUT2D eigenvalue weighted by molar-refractivity contribution is 0.160. The highest BCUT2D eigenvalue weighted by atomic mass is 16.6. The Bertz CT molecular complexity index is 514. The number of rotatable bonds is 5. The van der Waals surface area contributed by atoms with Gasteiger partial charge in [0.25, 0.3) is 0 Å². The Hall–Kier alpha value is -1.77. The zero-order valence-electron chi connectivity index (χ0n) is 13.4. The molecule has 0 unspecified atom stereocenters. The monoisotopic (exact) mass is 287 g/mol. The topological polar surface area (TPSA) is 29.5 Å². The number of amides is 1. The molecule has 0 saturated carbocycles. The molecule has 0 aliphatic carbocycles. The van der Waals surface area contributed by atoms with Crippen molar-refractivity contribution < 1.29 is 9.53 Å². The van der Waals surface area contributed by atoms with Gasteiger partial charge in [0.1, 0.15) is 6.61 Å². The summed E-state index contributed by atoms with van der Waals surface area (Å²) in [5.41, 5.74) is 3.66. The number of cyclic esters (lactones) is 1. The highest BCUT2D eigenvalue weighted by Gasteiger charge is 2.34. The predicted molar refractivity (Wildman–Crippen MR) is 85.3 cm³/mol. The molecule has 0 bridgehead atoms. The zero-order valence-corrected chi connectivity index (χ0v) is 13.4. The van der Waals surface area contributed by atoms with Crippen LogP contribution in [0.1, 0.15) is 43.0 Å². The molecule has 1 saturated heterocycles. The minimum Gasteiger partial charge on any atom is -0.447 e. The van der Waals surface area contributed by atoms with E-state index < -0.39 is 0 Å². The molecule has 1 atom stereocenters. The van der Waals surface area contributed by atoms with Crippen molar-refractivity contribution in [3.05, 3.63) is 47.0 Å². The number of aryl methyl sites for hydroxylation is 2. The molecule has 1 heterocycles. The van der Waals surface area contributed by atoms with E-state index in [9.17, 15) is 4.79 Å². The van der Waals surface area contributed by atoms with Crippen molar-refractivity contribution in [1.29, 1.82) is 0 Å². The second kappa shape index (κ2) is 6.79. The van der Waals surface area contributed by atoms with Gasteiger partial charge in [-0.05, 0) is 42.9 Å². The fourth-order valence-electron chi connectivity index (χ4n) is 2.80. The summed E-state index contributed by atoms with van der Waals surface area (Å²) in [6.07, 6.45) is 5.05. The van der Waals surface area contributed by atoms with Crippen LogP contribution in [0, 0.1) is 19.8 Å². The van der Waals surface area contributed by atoms with E-state index in [0.29, 0.717) is 19.1 Å². The third-order valence-electron chi connectivity index (χ3n) is 3.93. The number of ether oxygens (including phenoxy) is 1. The second-order valence-electron chi connectivity index (χ2n) is 6.15. The van der Waals surface area contributed by atoms with Crippen LogP contribution in [0.25, 0.3) is 0 Å². The molecule has 1 fully saturated rings. The summed E-state index contributed by atoms with van der Waals surface area (Å²) in [6, 6.07) is 6.27. The average molecular weight is 287 g/mol. The highest BCUT2D eigenvalue weighted by molar-refractivity contribution is 5.71. The molecule has 1 aliphatic heterocycles. The second-order valence-corrected chi connectivity index (χ2v) is 6.15. The molecule has 1 amide bonds. The van der Waals surface area contributed by atoms with E-state index in [0.717, 1.165) is 6.42 Å². The van der Waals surface area contributed by atoms with Gasteiger partial charge in [0.2, 0.25) is 0 Å². The van der Waals surface area contributed by atoms with Crippen molar-refractivity contribution in [2.24, 2.45) is 5.92 Å². The van der Waals surface area contributed by atoms with Gasteiger partial charge in [-0.15, -0.1) is 0 Å². The first-order chi connectivity index (χ1) is 10.0. The van der Waals surface area contributed by atoms with Crippen molar-refractivity contribution in [3.8, 4) is 0 Å². The molecule has 0 radical (unpaired) electrons. The number of benzene rings is 1. The standard InChI is InChI=1S/C18H25NO2/c1-13(2)8-5-6-11-19-16(12-21-18(19)20)17-14(3)9-7-10-15(17)4/h5-7,9-10,13,16H,8,11-12H2,1-4H3/t16-/m0/s1. The Balaban J connectivity index is 2.15. The molecule has 1 aromatic carbocycles. The third-order valence-corrected chi connectivity index (χ3v) is 3.93. The summed E-state index contributed by atoms with van der Waals surface area (Å²) < 4.78 is 5.27. The van der Waals surface area contributed by atoms with E-state index in [-0.39, 0.29) is 12.1 Å². The van der Waals surface area contributed by atoms with Crippen LogP contribution in [0.5, 0.6) is 0 Å². The molecule has 2 rings (SSSR count). The van der Waals surface area contributed by atoms with Crippen LogP contribution in [0.2, 0.25) is 0 Å². The normalized spacial score (nSPS) is 18.8. The fraction of sp³-hybridized carbons (Fsp3) is 0.500. The van der Waals surface area contributed by atoms with Crippen molar-refractivity contribution in [1.82, 2.24) is 4.90 Å². The molecule has 3 heteroatoms. The maximum Gasteiger partial charge on any atom is 0.410 e. The maximum absolute atomic E-state index is 12.0. The molecule has 0 spiro atoms. The van der Waals surface area contributed by atoms with E-state index >= 15 is 0 Å². The first-order valence-corrected chi connectivity index (χ1v) is 7.65. The van der Waals surface area contributed by atoms with Crippen LogP contribution in [-0.2, 0) is 4.74 Å². The lowest BCUT2D eigenvalue weighted by Crippen LogP contribution is -2.28. The lowest BCUT2D eigenvalue weighted by Gasteiger charge is -2.23. The van der Waals surface area contributed by atoms with Gasteiger partial charge >= 0.3 is 6.09 Å². The quantitative estimate of drug-likeness (QED) is 0.751. The molecule has 21 heavy (non-hydrogen) atoms. The van der Waals surface area contributed by atoms with Crippen LogP contribution in [-0.4, -0.2) is 24.1 Å². The summed E-state index contributed by atoms with van der Waals surface area (Å²) in [4.78, 5) is 13.8. The van der Waals surface area contributed by atoms with E-state index in [1.165, 1.54) is 16.7 Å². The predicted octanol–water partition coefficient (Wildman–Crippen LogP) is 4.40. The Kier molecular flexibility index (Phi) is 5.05. The fourth-order valence-corrected chi connectivity index (χ4v) is 2.80. The Morgan fingerprint density at radius 1 is 1.29 bits per heavy atom. The number of allylic oxidation sites excluding steroid dienone is 1. The van der Waals surface area contributed by atoms with E-state index in [1.54, 1.807) is 0 Å². The van der Waals surface area contributed by atoms with Crippen molar-refractivity contribution >= 4 is 6.09 Å². The molecule has 0 aromatic heterocycles. The van der Waals surface area contributed by atoms with Crippen molar-refractivity contribution in [2.45, 2.75) is 40.2 Å². The van der Waals surface area contributed by atoms with Gasteiger partial charge < -0.3 is 4.74 Å². The largest absolute Gasteiger partial charge is 0.447 e. The summed E-state index contributed by atoms with van der Waals surface area (Å²) in [7, 11) is 0. The number of hydrogen-bond acceptors (Lipinski definition) is 2. The number of nitrogens with zero attached hydrogens (tertiary/aromatic N) is 1. The minimum atomic E-state index is -0.211. The highest BCUT2D eigenvalue weighted by Crippen LogP contribution is 2.31. The van der Waals surface area contributed by atoms with Crippen LogP contribution >= 0.6 is 0 Å². The van der Waals surface area contributed by atoms with Gasteiger partial charge in [-0.3, -0.25) is 4.90 Å². The van der Waals surface area contributed by atoms with E-state index in [4.69, 9.17) is 4.74 Å². The average Bonchev–Trinajstić information content (AvgIpc) is 2.76. The van der Waals surface area contributed by atoms with Gasteiger partial charge in [-0.2, -0.15) is 0 Å². The van der Waals surface area contributed by atoms with Crippen LogP contribution < -0.4 is 0 Å². The third kappa shape index (κ3) is 3.66. The first-order valence-electron chi connectivity index (χ1n) is 7.65. The summed E-state index contributed by atoms with van der Waals surface area (Å²) in [5, 5.41) is 0. The van der Waals surface area contributed by atoms with Gasteiger partial charge in [0.15, 0.2) is 0 Å². The maximum atomic E-state index is 12.0. The Morgan fingerprint density at radius 2 is 1.95 bits per heavy atom. The molecule has 114 valence electrons. The Labute approximate surface area is 127 Å². The molecule has 1 aromatic rings. The summed E-state index contributed by atoms with van der Waals surface area (Å²) in [6.45, 7) is 9.63. The van der Waals surface area contributed by atoms with Crippen LogP contribution in [0.15, 0.2) is 30.4 Å². The summed E-state index contributed by atoms with van der Waals surface area (Å²) in [5.74, 6) is 0.640. The van der Waals surface area contributed by atoms with Gasteiger partial charge in [0.05, 0.1) is 6.04 Å². The smallest absolute Gasteiger partial charge is 0.410 e. The Morgan fingerprint density at radius 3 is 2.57 bits per heavy atom. The SMILES string of the molecule is Cc1cccc(C)c1[C@@H]1COC(=O)N1CC=CCC(C)C. The number of hydrogen-bond donors (Lipinski definition) is 0. The van der Waals surface area contributed by atoms with Crippen LogP contribution in [0.4, 0.5) is 4.79 Å². The molecular weight excluding hydrogens is 262 g/mol. The van der Waals surface area contributed by atoms with Gasteiger partial charge in [-0.1, -0.05) is 44.2 Å². The number of carbonyl (C=O) groups is 1. The lowest BCUT2D eigenvalue weighted by atomic mass is 9.96. The summed E-state index contributed by atoms with van der Waals surface area (Å²) >= 11 is 0. The van der Waals surface area contributed by atoms with Crippen molar-refractivity contribution in [2.75, 3.05) is 13.2 Å². The van der Waals surface area contributed by atoms with E-state index in [1.807, 2.05) is 4.90 Å². The van der Waals surface area contributed by atoms with Gasteiger partial charge in [-0.25, -0.2) is 4.79 Å². The molecule has 0 N–H and O–H groups in total. The number of carbonyl (C=O) groups excluding carboxylic acids is 1. The zero-order chi connectivity index (χ0) is 15.4. The van der Waals surface area contributed by atoms with E-state index in [2.05, 4.69) is 58.0 Å². The van der Waals surface area contributed by atoms with Crippen LogP contribution in [0.3, 0.4) is 0 Å². The van der Waals surface area contributed by atoms with Crippen molar-refractivity contribution in [3.63, 3.8) is 0 Å². The minimum absolute atomic E-state index is 0.0300. The van der Waals surface area contributed by atoms with Gasteiger partial charge in [0, 0.05) is 6.54 Å². The first kappa shape index (κ1) is 15.6. The molecule has 3 nitrogen and oxygen atoms in total. The molecular formula is C18H25NO2. The molecule has 1 aliphatic rings.